The number of carbonyl (C=O) groups excluding carboxylic acids is 2. The van der Waals surface area contributed by atoms with E-state index in [0.29, 0.717) is 21.8 Å². The summed E-state index contributed by atoms with van der Waals surface area (Å²) in [5.74, 6) is -1.26. The summed E-state index contributed by atoms with van der Waals surface area (Å²) in [5.41, 5.74) is 2.63. The molecule has 0 radical (unpaired) electrons. The summed E-state index contributed by atoms with van der Waals surface area (Å²) in [6.07, 6.45) is 1.46. The standard InChI is InChI=1S/C23H19ClN4O4/c1-3-31-23(30)19-20(15-9-11-16(24)12-10-15)27-32-22(19)26-21(29)18-13-25-28(14(18)2)17-7-5-4-6-8-17/h4-13H,3H2,1-2H3,(H,26,29). The summed E-state index contributed by atoms with van der Waals surface area (Å²) in [6.45, 7) is 3.62. The van der Waals surface area contributed by atoms with E-state index in [9.17, 15) is 9.59 Å². The Morgan fingerprint density at radius 2 is 1.84 bits per heavy atom. The fourth-order valence-corrected chi connectivity index (χ4v) is 3.33. The quantitative estimate of drug-likeness (QED) is 0.418. The number of ether oxygens (including phenoxy) is 1. The average molecular weight is 451 g/mol. The van der Waals surface area contributed by atoms with Crippen molar-refractivity contribution < 1.29 is 18.8 Å². The van der Waals surface area contributed by atoms with E-state index < -0.39 is 11.9 Å². The molecule has 0 saturated carbocycles. The van der Waals surface area contributed by atoms with Crippen LogP contribution in [-0.4, -0.2) is 33.4 Å². The van der Waals surface area contributed by atoms with Crippen LogP contribution in [0.4, 0.5) is 5.88 Å². The Morgan fingerprint density at radius 1 is 1.12 bits per heavy atom. The van der Waals surface area contributed by atoms with Gasteiger partial charge in [0.15, 0.2) is 5.56 Å². The van der Waals surface area contributed by atoms with E-state index in [1.165, 1.54) is 6.20 Å². The monoisotopic (exact) mass is 450 g/mol. The lowest BCUT2D eigenvalue weighted by atomic mass is 10.1. The summed E-state index contributed by atoms with van der Waals surface area (Å²) in [7, 11) is 0. The number of nitrogens with zero attached hydrogens (tertiary/aromatic N) is 3. The smallest absolute Gasteiger partial charge is 0.346 e. The molecule has 32 heavy (non-hydrogen) atoms. The molecule has 1 N–H and O–H groups in total. The molecule has 0 atom stereocenters. The van der Waals surface area contributed by atoms with Crippen molar-refractivity contribution in [2.24, 2.45) is 0 Å². The molecule has 2 aromatic heterocycles. The molecule has 4 rings (SSSR count). The predicted octanol–water partition coefficient (Wildman–Crippen LogP) is 4.92. The number of rotatable bonds is 6. The summed E-state index contributed by atoms with van der Waals surface area (Å²) in [4.78, 5) is 25.6. The number of hydrogen-bond donors (Lipinski definition) is 1. The van der Waals surface area contributed by atoms with E-state index in [1.807, 2.05) is 30.3 Å². The van der Waals surface area contributed by atoms with Crippen LogP contribution in [0.2, 0.25) is 5.02 Å². The minimum Gasteiger partial charge on any atom is -0.462 e. The van der Waals surface area contributed by atoms with E-state index in [0.717, 1.165) is 5.69 Å². The zero-order valence-corrected chi connectivity index (χ0v) is 18.1. The fraction of sp³-hybridized carbons (Fsp3) is 0.130. The number of anilines is 1. The van der Waals surface area contributed by atoms with Gasteiger partial charge in [0.25, 0.3) is 5.91 Å². The molecule has 4 aromatic rings. The van der Waals surface area contributed by atoms with Gasteiger partial charge in [-0.15, -0.1) is 0 Å². The van der Waals surface area contributed by atoms with Crippen LogP contribution < -0.4 is 5.32 Å². The highest BCUT2D eigenvalue weighted by molar-refractivity contribution is 6.30. The highest BCUT2D eigenvalue weighted by Gasteiger charge is 2.28. The molecule has 0 spiro atoms. The summed E-state index contributed by atoms with van der Waals surface area (Å²) < 4.78 is 12.1. The van der Waals surface area contributed by atoms with Gasteiger partial charge in [0.05, 0.1) is 29.7 Å². The molecule has 2 aromatic carbocycles. The Hall–Kier alpha value is -3.91. The maximum Gasteiger partial charge on any atom is 0.346 e. The molecule has 0 unspecified atom stereocenters. The van der Waals surface area contributed by atoms with Gasteiger partial charge >= 0.3 is 5.97 Å². The summed E-state index contributed by atoms with van der Waals surface area (Å²) in [5, 5.41) is 11.5. The van der Waals surface area contributed by atoms with Crippen LogP contribution in [0, 0.1) is 6.92 Å². The molecular weight excluding hydrogens is 432 g/mol. The molecule has 9 heteroatoms. The predicted molar refractivity (Wildman–Crippen MR) is 119 cm³/mol. The van der Waals surface area contributed by atoms with E-state index in [2.05, 4.69) is 15.6 Å². The van der Waals surface area contributed by atoms with Crippen molar-refractivity contribution in [3.05, 3.63) is 82.6 Å². The number of aromatic nitrogens is 3. The zero-order chi connectivity index (χ0) is 22.7. The molecule has 0 bridgehead atoms. The molecule has 0 aliphatic rings. The van der Waals surface area contributed by atoms with E-state index in [1.54, 1.807) is 42.8 Å². The molecular formula is C23H19ClN4O4. The first-order valence-electron chi connectivity index (χ1n) is 9.83. The van der Waals surface area contributed by atoms with Gasteiger partial charge in [-0.3, -0.25) is 10.1 Å². The van der Waals surface area contributed by atoms with Crippen molar-refractivity contribution in [2.45, 2.75) is 13.8 Å². The van der Waals surface area contributed by atoms with Crippen molar-refractivity contribution >= 4 is 29.4 Å². The molecule has 1 amide bonds. The Labute approximate surface area is 188 Å². The van der Waals surface area contributed by atoms with Gasteiger partial charge in [-0.1, -0.05) is 47.1 Å². The molecule has 0 aliphatic carbocycles. The van der Waals surface area contributed by atoms with Gasteiger partial charge in [-0.2, -0.15) is 5.10 Å². The Bertz CT molecular complexity index is 1260. The number of esters is 1. The first-order valence-corrected chi connectivity index (χ1v) is 10.2. The number of amides is 1. The molecule has 2 heterocycles. The average Bonchev–Trinajstić information content (AvgIpc) is 3.38. The lowest BCUT2D eigenvalue weighted by Gasteiger charge is -2.07. The van der Waals surface area contributed by atoms with Crippen molar-refractivity contribution in [3.63, 3.8) is 0 Å². The number of para-hydroxylation sites is 1. The zero-order valence-electron chi connectivity index (χ0n) is 17.3. The molecule has 0 aliphatic heterocycles. The number of benzene rings is 2. The first kappa shape index (κ1) is 21.3. The third-order valence-electron chi connectivity index (χ3n) is 4.77. The van der Waals surface area contributed by atoms with Gasteiger partial charge in [-0.05, 0) is 38.1 Å². The second kappa shape index (κ2) is 9.07. The minimum absolute atomic E-state index is 0.0237. The Balaban J connectivity index is 1.67. The lowest BCUT2D eigenvalue weighted by Crippen LogP contribution is -2.16. The lowest BCUT2D eigenvalue weighted by molar-refractivity contribution is 0.0528. The molecule has 0 fully saturated rings. The maximum absolute atomic E-state index is 13.0. The van der Waals surface area contributed by atoms with Crippen LogP contribution in [0.5, 0.6) is 0 Å². The van der Waals surface area contributed by atoms with Crippen LogP contribution in [0.15, 0.2) is 65.3 Å². The number of nitrogens with one attached hydrogen (secondary N) is 1. The fourth-order valence-electron chi connectivity index (χ4n) is 3.21. The van der Waals surface area contributed by atoms with Crippen LogP contribution in [0.1, 0.15) is 33.3 Å². The minimum atomic E-state index is -0.661. The summed E-state index contributed by atoms with van der Waals surface area (Å²) in [6, 6.07) is 16.2. The second-order valence-corrected chi connectivity index (χ2v) is 7.24. The topological polar surface area (TPSA) is 99.2 Å². The largest absolute Gasteiger partial charge is 0.462 e. The van der Waals surface area contributed by atoms with Gasteiger partial charge in [0.1, 0.15) is 5.69 Å². The number of halogens is 1. The van der Waals surface area contributed by atoms with E-state index in [-0.39, 0.29) is 23.7 Å². The Morgan fingerprint density at radius 3 is 2.53 bits per heavy atom. The number of carbonyl (C=O) groups is 2. The normalized spacial score (nSPS) is 10.7. The van der Waals surface area contributed by atoms with Gasteiger partial charge < -0.3 is 9.26 Å². The molecule has 0 saturated heterocycles. The molecule has 8 nitrogen and oxygen atoms in total. The maximum atomic E-state index is 13.0. The third-order valence-corrected chi connectivity index (χ3v) is 5.02. The van der Waals surface area contributed by atoms with Crippen molar-refractivity contribution in [3.8, 4) is 16.9 Å². The van der Waals surface area contributed by atoms with Crippen molar-refractivity contribution in [1.82, 2.24) is 14.9 Å². The van der Waals surface area contributed by atoms with Gasteiger partial charge in [-0.25, -0.2) is 9.48 Å². The van der Waals surface area contributed by atoms with Crippen LogP contribution in [0.25, 0.3) is 16.9 Å². The Kier molecular flexibility index (Phi) is 6.04. The highest BCUT2D eigenvalue weighted by atomic mass is 35.5. The number of hydrogen-bond acceptors (Lipinski definition) is 6. The van der Waals surface area contributed by atoms with Gasteiger partial charge in [0, 0.05) is 10.6 Å². The van der Waals surface area contributed by atoms with Crippen molar-refractivity contribution in [1.29, 1.82) is 0 Å². The van der Waals surface area contributed by atoms with Crippen molar-refractivity contribution in [2.75, 3.05) is 11.9 Å². The molecule has 162 valence electrons. The first-order chi connectivity index (χ1) is 15.5. The SMILES string of the molecule is CCOC(=O)c1c(-c2ccc(Cl)cc2)noc1NC(=O)c1cnn(-c2ccccc2)c1C. The van der Waals surface area contributed by atoms with Crippen LogP contribution in [-0.2, 0) is 4.74 Å². The van der Waals surface area contributed by atoms with Crippen LogP contribution >= 0.6 is 11.6 Å². The summed E-state index contributed by atoms with van der Waals surface area (Å²) >= 11 is 5.95. The third kappa shape index (κ3) is 4.13. The van der Waals surface area contributed by atoms with E-state index >= 15 is 0 Å². The van der Waals surface area contributed by atoms with E-state index in [4.69, 9.17) is 20.9 Å². The van der Waals surface area contributed by atoms with Gasteiger partial charge in [0.2, 0.25) is 5.88 Å². The highest BCUT2D eigenvalue weighted by Crippen LogP contribution is 2.31. The van der Waals surface area contributed by atoms with Crippen LogP contribution in [0.3, 0.4) is 0 Å². The second-order valence-electron chi connectivity index (χ2n) is 6.81.